The van der Waals surface area contributed by atoms with E-state index in [-0.39, 0.29) is 6.03 Å². The maximum absolute atomic E-state index is 12.4. The molecule has 3 heteroatoms. The van der Waals surface area contributed by atoms with Crippen LogP contribution in [0.5, 0.6) is 0 Å². The molecule has 1 saturated heterocycles. The number of piperidine rings is 1. The third kappa shape index (κ3) is 3.28. The molecule has 3 nitrogen and oxygen atoms in total. The van der Waals surface area contributed by atoms with Crippen LogP contribution in [0.15, 0.2) is 18.2 Å². The summed E-state index contributed by atoms with van der Waals surface area (Å²) < 4.78 is 0. The smallest absolute Gasteiger partial charge is 0.322 e. The van der Waals surface area contributed by atoms with Gasteiger partial charge < -0.3 is 10.2 Å². The molecular formula is C16H24N2O. The van der Waals surface area contributed by atoms with Crippen molar-refractivity contribution in [2.24, 2.45) is 0 Å². The van der Waals surface area contributed by atoms with Crippen molar-refractivity contribution in [2.45, 2.75) is 52.5 Å². The lowest BCUT2D eigenvalue weighted by Crippen LogP contribution is -2.45. The van der Waals surface area contributed by atoms with Gasteiger partial charge >= 0.3 is 6.03 Å². The van der Waals surface area contributed by atoms with E-state index in [2.05, 4.69) is 25.2 Å². The van der Waals surface area contributed by atoms with Crippen LogP contribution in [0, 0.1) is 13.8 Å². The van der Waals surface area contributed by atoms with Crippen LogP contribution in [0.25, 0.3) is 0 Å². The Kier molecular flexibility index (Phi) is 4.46. The summed E-state index contributed by atoms with van der Waals surface area (Å²) in [6.07, 6.45) is 4.54. The standard InChI is InChI=1S/C16H24N2O/c1-4-14-7-5-6-10-18(14)16(19)17-15-9-8-12(2)11-13(15)3/h8-9,11,14H,4-7,10H2,1-3H3,(H,17,19). The number of aryl methyl sites for hydroxylation is 2. The highest BCUT2D eigenvalue weighted by atomic mass is 16.2. The van der Waals surface area contributed by atoms with Gasteiger partial charge in [0.25, 0.3) is 0 Å². The highest BCUT2D eigenvalue weighted by molar-refractivity contribution is 5.90. The number of nitrogens with zero attached hydrogens (tertiary/aromatic N) is 1. The van der Waals surface area contributed by atoms with E-state index in [0.717, 1.165) is 37.1 Å². The number of hydrogen-bond donors (Lipinski definition) is 1. The summed E-state index contributed by atoms with van der Waals surface area (Å²) in [5.41, 5.74) is 3.27. The zero-order valence-electron chi connectivity index (χ0n) is 12.2. The van der Waals surface area contributed by atoms with E-state index < -0.39 is 0 Å². The Morgan fingerprint density at radius 2 is 2.16 bits per heavy atom. The Labute approximate surface area is 116 Å². The number of carbonyl (C=O) groups is 1. The fourth-order valence-electron chi connectivity index (χ4n) is 2.83. The van der Waals surface area contributed by atoms with E-state index in [4.69, 9.17) is 0 Å². The summed E-state index contributed by atoms with van der Waals surface area (Å²) in [6.45, 7) is 7.15. The van der Waals surface area contributed by atoms with Gasteiger partial charge in [0.15, 0.2) is 0 Å². The number of rotatable bonds is 2. The van der Waals surface area contributed by atoms with E-state index in [1.807, 2.05) is 24.0 Å². The normalized spacial score (nSPS) is 19.3. The Morgan fingerprint density at radius 3 is 2.84 bits per heavy atom. The number of nitrogens with one attached hydrogen (secondary N) is 1. The van der Waals surface area contributed by atoms with Crippen LogP contribution in [0.2, 0.25) is 0 Å². The molecule has 1 fully saturated rings. The van der Waals surface area contributed by atoms with Gasteiger partial charge in [0, 0.05) is 18.3 Å². The first-order valence-electron chi connectivity index (χ1n) is 7.26. The van der Waals surface area contributed by atoms with Crippen LogP contribution in [0.4, 0.5) is 10.5 Å². The number of urea groups is 1. The maximum atomic E-state index is 12.4. The number of likely N-dealkylation sites (tertiary alicyclic amines) is 1. The molecule has 19 heavy (non-hydrogen) atoms. The molecule has 1 aromatic rings. The molecule has 0 bridgehead atoms. The summed E-state index contributed by atoms with van der Waals surface area (Å²) >= 11 is 0. The molecule has 1 aliphatic heterocycles. The van der Waals surface area contributed by atoms with E-state index >= 15 is 0 Å². The Balaban J connectivity index is 2.07. The summed E-state index contributed by atoms with van der Waals surface area (Å²) in [4.78, 5) is 14.4. The molecule has 0 aliphatic carbocycles. The van der Waals surface area contributed by atoms with Crippen LogP contribution >= 0.6 is 0 Å². The molecule has 0 radical (unpaired) electrons. The van der Waals surface area contributed by atoms with Gasteiger partial charge in [-0.2, -0.15) is 0 Å². The zero-order valence-corrected chi connectivity index (χ0v) is 12.2. The molecule has 0 spiro atoms. The molecule has 2 amide bonds. The van der Waals surface area contributed by atoms with Crippen LogP contribution in [0.3, 0.4) is 0 Å². The molecular weight excluding hydrogens is 236 g/mol. The van der Waals surface area contributed by atoms with Crippen molar-refractivity contribution in [3.05, 3.63) is 29.3 Å². The third-order valence-corrected chi connectivity index (χ3v) is 3.98. The molecule has 1 aliphatic rings. The van der Waals surface area contributed by atoms with Crippen LogP contribution in [-0.2, 0) is 0 Å². The molecule has 104 valence electrons. The van der Waals surface area contributed by atoms with Gasteiger partial charge in [-0.3, -0.25) is 0 Å². The predicted octanol–water partition coefficient (Wildman–Crippen LogP) is 4.10. The predicted molar refractivity (Wildman–Crippen MR) is 79.6 cm³/mol. The summed E-state index contributed by atoms with van der Waals surface area (Å²) in [5.74, 6) is 0. The van der Waals surface area contributed by atoms with Gasteiger partial charge in [0.05, 0.1) is 0 Å². The number of anilines is 1. The van der Waals surface area contributed by atoms with Crippen molar-refractivity contribution < 1.29 is 4.79 Å². The number of hydrogen-bond acceptors (Lipinski definition) is 1. The number of benzene rings is 1. The maximum Gasteiger partial charge on any atom is 0.322 e. The number of amides is 2. The molecule has 1 atom stereocenters. The van der Waals surface area contributed by atoms with Crippen molar-refractivity contribution >= 4 is 11.7 Å². The Morgan fingerprint density at radius 1 is 1.37 bits per heavy atom. The fraction of sp³-hybridized carbons (Fsp3) is 0.562. The minimum Gasteiger partial charge on any atom is -0.322 e. The second-order valence-electron chi connectivity index (χ2n) is 5.50. The first-order valence-corrected chi connectivity index (χ1v) is 7.26. The van der Waals surface area contributed by atoms with Crippen molar-refractivity contribution in [2.75, 3.05) is 11.9 Å². The molecule has 0 saturated carbocycles. The monoisotopic (exact) mass is 260 g/mol. The quantitative estimate of drug-likeness (QED) is 0.853. The van der Waals surface area contributed by atoms with Crippen LogP contribution in [0.1, 0.15) is 43.7 Å². The first kappa shape index (κ1) is 13.9. The largest absolute Gasteiger partial charge is 0.322 e. The molecule has 1 N–H and O–H groups in total. The van der Waals surface area contributed by atoms with Crippen molar-refractivity contribution in [1.29, 1.82) is 0 Å². The van der Waals surface area contributed by atoms with Crippen molar-refractivity contribution in [3.8, 4) is 0 Å². The summed E-state index contributed by atoms with van der Waals surface area (Å²) in [6, 6.07) is 6.59. The fourth-order valence-corrected chi connectivity index (χ4v) is 2.83. The van der Waals surface area contributed by atoms with E-state index in [1.54, 1.807) is 0 Å². The highest BCUT2D eigenvalue weighted by Crippen LogP contribution is 2.22. The molecule has 1 aromatic carbocycles. The second kappa shape index (κ2) is 6.09. The van der Waals surface area contributed by atoms with Gasteiger partial charge in [-0.1, -0.05) is 24.6 Å². The Hall–Kier alpha value is -1.51. The van der Waals surface area contributed by atoms with E-state index in [1.165, 1.54) is 12.0 Å². The summed E-state index contributed by atoms with van der Waals surface area (Å²) in [7, 11) is 0. The van der Waals surface area contributed by atoms with Gasteiger partial charge in [-0.15, -0.1) is 0 Å². The highest BCUT2D eigenvalue weighted by Gasteiger charge is 2.25. The lowest BCUT2D eigenvalue weighted by molar-refractivity contribution is 0.160. The molecule has 2 rings (SSSR count). The van der Waals surface area contributed by atoms with E-state index in [9.17, 15) is 4.79 Å². The summed E-state index contributed by atoms with van der Waals surface area (Å²) in [5, 5.41) is 3.06. The first-order chi connectivity index (χ1) is 9.11. The van der Waals surface area contributed by atoms with Gasteiger partial charge in [-0.05, 0) is 51.2 Å². The van der Waals surface area contributed by atoms with Crippen molar-refractivity contribution in [3.63, 3.8) is 0 Å². The SMILES string of the molecule is CCC1CCCCN1C(=O)Nc1ccc(C)cc1C. The molecule has 1 unspecified atom stereocenters. The van der Waals surface area contributed by atoms with E-state index in [0.29, 0.717) is 6.04 Å². The topological polar surface area (TPSA) is 32.3 Å². The average molecular weight is 260 g/mol. The van der Waals surface area contributed by atoms with Crippen molar-refractivity contribution in [1.82, 2.24) is 4.90 Å². The second-order valence-corrected chi connectivity index (χ2v) is 5.50. The minimum atomic E-state index is 0.0542. The van der Waals surface area contributed by atoms with Crippen LogP contribution in [-0.4, -0.2) is 23.5 Å². The average Bonchev–Trinajstić information content (AvgIpc) is 2.41. The Bertz CT molecular complexity index is 456. The van der Waals surface area contributed by atoms with Gasteiger partial charge in [-0.25, -0.2) is 4.79 Å². The lowest BCUT2D eigenvalue weighted by Gasteiger charge is -2.35. The zero-order chi connectivity index (χ0) is 13.8. The van der Waals surface area contributed by atoms with Gasteiger partial charge in [0.1, 0.15) is 0 Å². The third-order valence-electron chi connectivity index (χ3n) is 3.98. The number of carbonyl (C=O) groups excluding carboxylic acids is 1. The minimum absolute atomic E-state index is 0.0542. The van der Waals surface area contributed by atoms with Gasteiger partial charge in [0.2, 0.25) is 0 Å². The van der Waals surface area contributed by atoms with Crippen LogP contribution < -0.4 is 5.32 Å². The lowest BCUT2D eigenvalue weighted by atomic mass is 10.0. The molecule has 1 heterocycles. The molecule has 0 aromatic heterocycles.